The van der Waals surface area contributed by atoms with Gasteiger partial charge in [-0.1, -0.05) is 41.4 Å². The average molecular weight is 379 g/mol. The Bertz CT molecular complexity index is 834. The van der Waals surface area contributed by atoms with Crippen molar-refractivity contribution in [1.29, 1.82) is 5.26 Å². The number of para-hydroxylation sites is 1. The van der Waals surface area contributed by atoms with E-state index in [9.17, 15) is 9.59 Å². The quantitative estimate of drug-likeness (QED) is 0.777. The second kappa shape index (κ2) is 8.92. The maximum Gasteiger partial charge on any atom is 0.344 e. The number of carbonyl (C=O) groups is 2. The number of rotatable bonds is 6. The molecule has 0 aliphatic rings. The highest BCUT2D eigenvalue weighted by Gasteiger charge is 2.12. The summed E-state index contributed by atoms with van der Waals surface area (Å²) in [4.78, 5) is 23.4. The van der Waals surface area contributed by atoms with Gasteiger partial charge in [0.05, 0.1) is 21.3 Å². The Hall–Kier alpha value is -2.75. The second-order valence-electron chi connectivity index (χ2n) is 4.71. The predicted octanol–water partition coefficient (Wildman–Crippen LogP) is 3.43. The third-order valence-corrected chi connectivity index (χ3v) is 3.76. The van der Waals surface area contributed by atoms with E-state index >= 15 is 0 Å². The Labute approximate surface area is 153 Å². The van der Waals surface area contributed by atoms with Crippen LogP contribution in [0, 0.1) is 11.3 Å². The van der Waals surface area contributed by atoms with Crippen LogP contribution in [-0.4, -0.2) is 25.1 Å². The zero-order valence-corrected chi connectivity index (χ0v) is 14.3. The van der Waals surface area contributed by atoms with Gasteiger partial charge in [-0.3, -0.25) is 4.79 Å². The van der Waals surface area contributed by atoms with Gasteiger partial charge in [-0.25, -0.2) is 4.79 Å². The van der Waals surface area contributed by atoms with Crippen LogP contribution >= 0.6 is 23.2 Å². The van der Waals surface area contributed by atoms with Crippen molar-refractivity contribution in [2.24, 2.45) is 0 Å². The molecule has 0 bridgehead atoms. The highest BCUT2D eigenvalue weighted by atomic mass is 35.5. The standard InChI is InChI=1S/C17H12Cl2N2O4/c18-12-5-3-6-13(17(12)19)21-15(22)9-25-16(23)10-24-14-7-2-1-4-11(14)8-20/h1-7H,9-10H2,(H,21,22). The summed E-state index contributed by atoms with van der Waals surface area (Å²) in [7, 11) is 0. The van der Waals surface area contributed by atoms with Gasteiger partial charge in [-0.05, 0) is 24.3 Å². The molecule has 0 spiro atoms. The molecule has 0 saturated carbocycles. The fourth-order valence-corrected chi connectivity index (χ4v) is 2.14. The molecule has 6 nitrogen and oxygen atoms in total. The lowest BCUT2D eigenvalue weighted by molar-refractivity contribution is -0.149. The first-order valence-electron chi connectivity index (χ1n) is 7.02. The maximum absolute atomic E-state index is 11.8. The Morgan fingerprint density at radius 1 is 1.08 bits per heavy atom. The van der Waals surface area contributed by atoms with Crippen molar-refractivity contribution in [2.45, 2.75) is 0 Å². The Morgan fingerprint density at radius 2 is 1.84 bits per heavy atom. The van der Waals surface area contributed by atoms with E-state index in [0.717, 1.165) is 0 Å². The highest BCUT2D eigenvalue weighted by Crippen LogP contribution is 2.29. The molecule has 128 valence electrons. The molecule has 1 N–H and O–H groups in total. The minimum absolute atomic E-state index is 0.195. The summed E-state index contributed by atoms with van der Waals surface area (Å²) in [6.45, 7) is -0.936. The van der Waals surface area contributed by atoms with E-state index in [4.69, 9.17) is 37.9 Å². The Kier molecular flexibility index (Phi) is 6.63. The monoisotopic (exact) mass is 378 g/mol. The first kappa shape index (κ1) is 18.6. The van der Waals surface area contributed by atoms with Gasteiger partial charge in [0.25, 0.3) is 5.91 Å². The molecule has 1 amide bonds. The normalized spacial score (nSPS) is 9.80. The summed E-state index contributed by atoms with van der Waals surface area (Å²) >= 11 is 11.8. The van der Waals surface area contributed by atoms with Gasteiger partial charge >= 0.3 is 5.97 Å². The minimum atomic E-state index is -0.750. The van der Waals surface area contributed by atoms with E-state index in [2.05, 4.69) is 5.32 Å². The van der Waals surface area contributed by atoms with Crippen molar-refractivity contribution in [2.75, 3.05) is 18.5 Å². The number of ether oxygens (including phenoxy) is 2. The average Bonchev–Trinajstić information content (AvgIpc) is 2.62. The van der Waals surface area contributed by atoms with Gasteiger partial charge in [0.1, 0.15) is 11.8 Å². The van der Waals surface area contributed by atoms with E-state index in [0.29, 0.717) is 16.3 Å². The topological polar surface area (TPSA) is 88.4 Å². The van der Waals surface area contributed by atoms with E-state index in [1.165, 1.54) is 0 Å². The number of anilines is 1. The third kappa shape index (κ3) is 5.38. The first-order valence-corrected chi connectivity index (χ1v) is 7.78. The van der Waals surface area contributed by atoms with E-state index < -0.39 is 25.1 Å². The van der Waals surface area contributed by atoms with Gasteiger partial charge < -0.3 is 14.8 Å². The van der Waals surface area contributed by atoms with Crippen LogP contribution in [0.2, 0.25) is 10.0 Å². The van der Waals surface area contributed by atoms with Crippen molar-refractivity contribution in [1.82, 2.24) is 0 Å². The van der Waals surface area contributed by atoms with Gasteiger partial charge in [0.2, 0.25) is 0 Å². The van der Waals surface area contributed by atoms with Gasteiger partial charge in [0, 0.05) is 0 Å². The molecule has 0 radical (unpaired) electrons. The minimum Gasteiger partial charge on any atom is -0.481 e. The largest absolute Gasteiger partial charge is 0.481 e. The molecule has 0 aliphatic carbocycles. The number of benzene rings is 2. The number of esters is 1. The lowest BCUT2D eigenvalue weighted by atomic mass is 10.2. The molecular weight excluding hydrogens is 367 g/mol. The van der Waals surface area contributed by atoms with Crippen LogP contribution in [0.5, 0.6) is 5.75 Å². The lowest BCUT2D eigenvalue weighted by Gasteiger charge is -2.10. The maximum atomic E-state index is 11.8. The number of hydrogen-bond donors (Lipinski definition) is 1. The summed E-state index contributed by atoms with van der Waals surface area (Å²) in [5, 5.41) is 11.9. The van der Waals surface area contributed by atoms with E-state index in [1.54, 1.807) is 42.5 Å². The van der Waals surface area contributed by atoms with E-state index in [-0.39, 0.29) is 10.8 Å². The first-order chi connectivity index (χ1) is 12.0. The number of amides is 1. The number of nitrogens with one attached hydrogen (secondary N) is 1. The van der Waals surface area contributed by atoms with Crippen LogP contribution in [-0.2, 0) is 14.3 Å². The van der Waals surface area contributed by atoms with Crippen molar-refractivity contribution < 1.29 is 19.1 Å². The summed E-state index contributed by atoms with van der Waals surface area (Å²) < 4.78 is 10.0. The van der Waals surface area contributed by atoms with E-state index in [1.807, 2.05) is 6.07 Å². The third-order valence-electron chi connectivity index (χ3n) is 2.94. The molecule has 0 atom stereocenters. The molecule has 0 fully saturated rings. The number of carbonyl (C=O) groups excluding carboxylic acids is 2. The van der Waals surface area contributed by atoms with Crippen LogP contribution in [0.25, 0.3) is 0 Å². The lowest BCUT2D eigenvalue weighted by Crippen LogP contribution is -2.23. The van der Waals surface area contributed by atoms with Gasteiger partial charge in [-0.2, -0.15) is 5.26 Å². The van der Waals surface area contributed by atoms with Crippen LogP contribution in [0.15, 0.2) is 42.5 Å². The number of nitrogens with zero attached hydrogens (tertiary/aromatic N) is 1. The SMILES string of the molecule is N#Cc1ccccc1OCC(=O)OCC(=O)Nc1cccc(Cl)c1Cl. The zero-order chi connectivity index (χ0) is 18.2. The van der Waals surface area contributed by atoms with Crippen molar-refractivity contribution >= 4 is 40.8 Å². The molecule has 0 unspecified atom stereocenters. The molecule has 0 heterocycles. The van der Waals surface area contributed by atoms with Crippen LogP contribution < -0.4 is 10.1 Å². The molecule has 0 saturated heterocycles. The number of halogens is 2. The summed E-state index contributed by atoms with van der Waals surface area (Å²) in [6.07, 6.45) is 0. The molecule has 0 aromatic heterocycles. The molecule has 2 aromatic carbocycles. The molecule has 8 heteroatoms. The molecule has 2 rings (SSSR count). The van der Waals surface area contributed by atoms with Crippen molar-refractivity contribution in [3.05, 3.63) is 58.1 Å². The second-order valence-corrected chi connectivity index (χ2v) is 5.49. The van der Waals surface area contributed by atoms with Crippen LogP contribution in [0.1, 0.15) is 5.56 Å². The van der Waals surface area contributed by atoms with Crippen LogP contribution in [0.3, 0.4) is 0 Å². The van der Waals surface area contributed by atoms with Crippen molar-refractivity contribution in [3.63, 3.8) is 0 Å². The molecule has 2 aromatic rings. The molecular formula is C17H12Cl2N2O4. The predicted molar refractivity (Wildman–Crippen MR) is 92.7 cm³/mol. The summed E-state index contributed by atoms with van der Waals surface area (Å²) in [6, 6.07) is 13.2. The van der Waals surface area contributed by atoms with Gasteiger partial charge in [-0.15, -0.1) is 0 Å². The Morgan fingerprint density at radius 3 is 2.60 bits per heavy atom. The summed E-state index contributed by atoms with van der Waals surface area (Å²) in [5.74, 6) is -1.06. The zero-order valence-electron chi connectivity index (χ0n) is 12.8. The number of hydrogen-bond acceptors (Lipinski definition) is 5. The highest BCUT2D eigenvalue weighted by molar-refractivity contribution is 6.44. The van der Waals surface area contributed by atoms with Crippen molar-refractivity contribution in [3.8, 4) is 11.8 Å². The molecule has 0 aliphatic heterocycles. The fraction of sp³-hybridized carbons (Fsp3) is 0.118. The Balaban J connectivity index is 1.81. The van der Waals surface area contributed by atoms with Crippen LogP contribution in [0.4, 0.5) is 5.69 Å². The fourth-order valence-electron chi connectivity index (χ4n) is 1.80. The number of nitriles is 1. The smallest absolute Gasteiger partial charge is 0.344 e. The summed E-state index contributed by atoms with van der Waals surface area (Å²) in [5.41, 5.74) is 0.609. The molecule has 25 heavy (non-hydrogen) atoms. The van der Waals surface area contributed by atoms with Gasteiger partial charge in [0.15, 0.2) is 13.2 Å².